The van der Waals surface area contributed by atoms with E-state index in [4.69, 9.17) is 34.8 Å². The van der Waals surface area contributed by atoms with Gasteiger partial charge in [-0.25, -0.2) is 13.6 Å². The van der Waals surface area contributed by atoms with Gasteiger partial charge in [-0.05, 0) is 47.7 Å². The van der Waals surface area contributed by atoms with Crippen molar-refractivity contribution in [2.45, 2.75) is 45.2 Å². The fourth-order valence-corrected chi connectivity index (χ4v) is 6.02. The zero-order valence-corrected chi connectivity index (χ0v) is 24.0. The van der Waals surface area contributed by atoms with Crippen molar-refractivity contribution in [3.8, 4) is 6.07 Å². The molecule has 2 amide bonds. The van der Waals surface area contributed by atoms with Crippen molar-refractivity contribution in [1.82, 2.24) is 10.2 Å². The van der Waals surface area contributed by atoms with E-state index in [-0.39, 0.29) is 39.7 Å². The molecule has 1 saturated heterocycles. The molecule has 0 spiro atoms. The molecule has 1 heterocycles. The number of amides is 2. The summed E-state index contributed by atoms with van der Waals surface area (Å²) in [4.78, 5) is 15.2. The molecule has 0 aliphatic carbocycles. The average molecular weight is 591 g/mol. The van der Waals surface area contributed by atoms with E-state index in [1.54, 1.807) is 30.3 Å². The third-order valence-electron chi connectivity index (χ3n) is 7.12. The molecule has 1 aliphatic heterocycles. The van der Waals surface area contributed by atoms with Crippen LogP contribution in [0.5, 0.6) is 0 Å². The van der Waals surface area contributed by atoms with Crippen LogP contribution in [0.25, 0.3) is 0 Å². The smallest absolute Gasteiger partial charge is 0.318 e. The molecule has 4 rings (SSSR count). The van der Waals surface area contributed by atoms with E-state index in [1.807, 2.05) is 20.8 Å². The average Bonchev–Trinajstić information content (AvgIpc) is 3.18. The Morgan fingerprint density at radius 2 is 1.74 bits per heavy atom. The summed E-state index contributed by atoms with van der Waals surface area (Å²) in [7, 11) is 0. The molecule has 0 radical (unpaired) electrons. The Morgan fingerprint density at radius 3 is 2.36 bits per heavy atom. The molecule has 1 N–H and O–H groups in total. The van der Waals surface area contributed by atoms with E-state index < -0.39 is 35.0 Å². The third kappa shape index (κ3) is 5.87. The number of carbonyl (C=O) groups excluding carboxylic acids is 1. The van der Waals surface area contributed by atoms with E-state index in [2.05, 4.69) is 11.4 Å². The van der Waals surface area contributed by atoms with Crippen LogP contribution < -0.4 is 5.32 Å². The van der Waals surface area contributed by atoms with E-state index in [0.717, 1.165) is 11.6 Å². The molecule has 1 fully saturated rings. The highest BCUT2D eigenvalue weighted by atomic mass is 35.5. The monoisotopic (exact) mass is 589 g/mol. The Morgan fingerprint density at radius 1 is 1.08 bits per heavy atom. The molecule has 3 aromatic rings. The molecule has 0 bridgehead atoms. The van der Waals surface area contributed by atoms with Gasteiger partial charge in [-0.15, -0.1) is 0 Å². The van der Waals surface area contributed by atoms with Gasteiger partial charge in [0.15, 0.2) is 0 Å². The molecule has 0 aromatic heterocycles. The number of hydrogen-bond donors (Lipinski definition) is 1. The van der Waals surface area contributed by atoms with Crippen LogP contribution in [0.2, 0.25) is 15.1 Å². The molecule has 39 heavy (non-hydrogen) atoms. The van der Waals surface area contributed by atoms with E-state index in [0.29, 0.717) is 11.4 Å². The maximum absolute atomic E-state index is 15.7. The summed E-state index contributed by atoms with van der Waals surface area (Å²) in [6.45, 7) is 6.29. The minimum Gasteiger partial charge on any atom is -0.334 e. The number of nitriles is 1. The topological polar surface area (TPSA) is 56.1 Å². The summed E-state index contributed by atoms with van der Waals surface area (Å²) < 4.78 is 31.3. The molecule has 4 nitrogen and oxygen atoms in total. The maximum atomic E-state index is 15.7. The second kappa shape index (κ2) is 11.3. The summed E-state index contributed by atoms with van der Waals surface area (Å²) in [5.74, 6) is -1.99. The second-order valence-corrected chi connectivity index (χ2v) is 12.3. The Kier molecular flexibility index (Phi) is 8.47. The van der Waals surface area contributed by atoms with Gasteiger partial charge in [0.2, 0.25) is 0 Å². The number of nitrogens with one attached hydrogen (secondary N) is 1. The highest BCUT2D eigenvalue weighted by Gasteiger charge is 2.60. The fourth-order valence-electron chi connectivity index (χ4n) is 5.55. The zero-order valence-electron chi connectivity index (χ0n) is 21.7. The number of likely N-dealkylation sites (tertiary alicyclic amines) is 1. The van der Waals surface area contributed by atoms with E-state index in [9.17, 15) is 10.1 Å². The lowest BCUT2D eigenvalue weighted by Crippen LogP contribution is -2.44. The van der Waals surface area contributed by atoms with Crippen LogP contribution >= 0.6 is 34.8 Å². The number of hydrogen-bond acceptors (Lipinski definition) is 2. The lowest BCUT2D eigenvalue weighted by molar-refractivity contribution is 0.184. The normalized spacial score (nSPS) is 21.1. The summed E-state index contributed by atoms with van der Waals surface area (Å²) >= 11 is 18.2. The van der Waals surface area contributed by atoms with Crippen LogP contribution in [0.3, 0.4) is 0 Å². The minimum atomic E-state index is -1.63. The van der Waals surface area contributed by atoms with Gasteiger partial charge in [0.1, 0.15) is 17.0 Å². The Balaban J connectivity index is 1.89. The van der Waals surface area contributed by atoms with Crippen molar-refractivity contribution >= 4 is 40.8 Å². The SMILES string of the molecule is CC(C)(C)C[C@@H]1CN(C(=O)NCc2ccc(Cl)cc2)[C@H](c2cccc(Cl)c2F)[C@@]1(C#N)c1ccc(Cl)cc1F. The van der Waals surface area contributed by atoms with Crippen LogP contribution in [0.1, 0.15) is 49.9 Å². The first-order valence-electron chi connectivity index (χ1n) is 12.5. The maximum Gasteiger partial charge on any atom is 0.318 e. The summed E-state index contributed by atoms with van der Waals surface area (Å²) in [6, 6.07) is 16.2. The van der Waals surface area contributed by atoms with Gasteiger partial charge in [-0.3, -0.25) is 0 Å². The van der Waals surface area contributed by atoms with Gasteiger partial charge >= 0.3 is 6.03 Å². The molecule has 3 atom stereocenters. The van der Waals surface area contributed by atoms with Gasteiger partial charge < -0.3 is 10.2 Å². The molecule has 3 aromatic carbocycles. The summed E-state index contributed by atoms with van der Waals surface area (Å²) in [5, 5.41) is 14.3. The van der Waals surface area contributed by atoms with Crippen molar-refractivity contribution in [3.63, 3.8) is 0 Å². The quantitative estimate of drug-likeness (QED) is 0.323. The van der Waals surface area contributed by atoms with Gasteiger partial charge in [0.05, 0.1) is 17.1 Å². The van der Waals surface area contributed by atoms with E-state index >= 15 is 8.78 Å². The second-order valence-electron chi connectivity index (χ2n) is 11.0. The summed E-state index contributed by atoms with van der Waals surface area (Å²) in [5.41, 5.74) is -1.02. The van der Waals surface area contributed by atoms with Gasteiger partial charge in [0, 0.05) is 40.2 Å². The fraction of sp³-hybridized carbons (Fsp3) is 0.333. The Hall–Kier alpha value is -2.85. The van der Waals surface area contributed by atoms with Crippen molar-refractivity contribution < 1.29 is 13.6 Å². The highest BCUT2D eigenvalue weighted by molar-refractivity contribution is 6.31. The lowest BCUT2D eigenvalue weighted by Gasteiger charge is -2.38. The van der Waals surface area contributed by atoms with Gasteiger partial charge in [0.25, 0.3) is 0 Å². The van der Waals surface area contributed by atoms with Gasteiger partial charge in [-0.2, -0.15) is 5.26 Å². The zero-order chi connectivity index (χ0) is 28.5. The summed E-state index contributed by atoms with van der Waals surface area (Å²) in [6.07, 6.45) is 0.461. The molecule has 0 unspecified atom stereocenters. The molecular formula is C30H28Cl3F2N3O. The predicted molar refractivity (Wildman–Crippen MR) is 151 cm³/mol. The molecule has 1 aliphatic rings. The number of nitrogens with zero attached hydrogens (tertiary/aromatic N) is 2. The van der Waals surface area contributed by atoms with Gasteiger partial charge in [-0.1, -0.05) is 85.9 Å². The van der Waals surface area contributed by atoms with E-state index in [1.165, 1.54) is 29.2 Å². The highest BCUT2D eigenvalue weighted by Crippen LogP contribution is 2.56. The largest absolute Gasteiger partial charge is 0.334 e. The molecule has 9 heteroatoms. The van der Waals surface area contributed by atoms with Crippen molar-refractivity contribution in [2.75, 3.05) is 6.54 Å². The van der Waals surface area contributed by atoms with Crippen molar-refractivity contribution in [3.05, 3.63) is 104 Å². The molecule has 0 saturated carbocycles. The third-order valence-corrected chi connectivity index (χ3v) is 7.90. The first kappa shape index (κ1) is 29.1. The molecule has 204 valence electrons. The van der Waals surface area contributed by atoms with Crippen LogP contribution in [0, 0.1) is 34.3 Å². The first-order chi connectivity index (χ1) is 18.4. The Labute approximate surface area is 242 Å². The number of carbonyl (C=O) groups is 1. The van der Waals surface area contributed by atoms with Crippen LogP contribution in [-0.4, -0.2) is 17.5 Å². The van der Waals surface area contributed by atoms with Crippen LogP contribution in [0.4, 0.5) is 13.6 Å². The minimum absolute atomic E-state index is 0.0384. The first-order valence-corrected chi connectivity index (χ1v) is 13.6. The van der Waals surface area contributed by atoms with Crippen molar-refractivity contribution in [2.24, 2.45) is 11.3 Å². The standard InChI is InChI=1S/C30H28Cl3F2N3O/c1-29(2,3)14-19-16-38(28(39)37-15-18-7-9-20(31)10-8-18)27(22-5-4-6-24(33)26(22)35)30(19,17-36)23-12-11-21(32)13-25(23)34/h4-13,19,27H,14-16H2,1-3H3,(H,37,39)/t19-,27-,30-/m1/s1. The number of benzene rings is 3. The van der Waals surface area contributed by atoms with Crippen LogP contribution in [0.15, 0.2) is 60.7 Å². The lowest BCUT2D eigenvalue weighted by atomic mass is 9.63. The van der Waals surface area contributed by atoms with Crippen LogP contribution in [-0.2, 0) is 12.0 Å². The number of rotatable bonds is 5. The number of halogens is 5. The van der Waals surface area contributed by atoms with Crippen molar-refractivity contribution in [1.29, 1.82) is 5.26 Å². The Bertz CT molecular complexity index is 1420. The number of urea groups is 1. The molecular weight excluding hydrogens is 563 g/mol. The predicted octanol–water partition coefficient (Wildman–Crippen LogP) is 8.71.